The Morgan fingerprint density at radius 2 is 1.86 bits per heavy atom. The molecule has 5 rings (SSSR count). The van der Waals surface area contributed by atoms with E-state index in [1.165, 1.54) is 24.1 Å². The summed E-state index contributed by atoms with van der Waals surface area (Å²) < 4.78 is 29.0. The molecule has 2 aliphatic rings. The molecule has 1 aliphatic heterocycles. The van der Waals surface area contributed by atoms with Crippen LogP contribution in [0.25, 0.3) is 21.6 Å². The van der Waals surface area contributed by atoms with E-state index in [2.05, 4.69) is 21.4 Å². The molecule has 1 fully saturated rings. The van der Waals surface area contributed by atoms with Crippen molar-refractivity contribution in [1.82, 2.24) is 20.3 Å². The molecule has 3 aromatic rings. The maximum atomic E-state index is 11.6. The second-order valence-electron chi connectivity index (χ2n) is 6.39. The molecular weight excluding hydrogens is 401 g/mol. The smallest absolute Gasteiger partial charge is 0.347 e. The predicted octanol–water partition coefficient (Wildman–Crippen LogP) is 5.47. The summed E-state index contributed by atoms with van der Waals surface area (Å²) in [5.41, 5.74) is 2.29. The molecule has 0 radical (unpaired) electrons. The second-order valence-corrected chi connectivity index (χ2v) is 7.45. The summed E-state index contributed by atoms with van der Waals surface area (Å²) in [6.07, 6.45) is 7.51. The Hall–Kier alpha value is -2.55. The number of thiophene rings is 1. The van der Waals surface area contributed by atoms with Gasteiger partial charge in [-0.1, -0.05) is 20.3 Å². The van der Waals surface area contributed by atoms with E-state index < -0.39 is 6.68 Å². The Morgan fingerprint density at radius 3 is 2.52 bits per heavy atom. The molecule has 5 nitrogen and oxygen atoms in total. The first-order valence-corrected chi connectivity index (χ1v) is 10.3. The average molecular weight is 422 g/mol. The summed E-state index contributed by atoms with van der Waals surface area (Å²) in [5, 5.41) is 3.90. The first-order valence-electron chi connectivity index (χ1n) is 9.47. The van der Waals surface area contributed by atoms with Gasteiger partial charge in [-0.05, 0) is 30.9 Å². The summed E-state index contributed by atoms with van der Waals surface area (Å²) in [4.78, 5) is 27.5. The van der Waals surface area contributed by atoms with Crippen LogP contribution in [-0.2, 0) is 6.54 Å². The van der Waals surface area contributed by atoms with Crippen LogP contribution in [0.5, 0.6) is 0 Å². The number of fused-ring (bicyclic) bond motifs is 2. The first kappa shape index (κ1) is 21.2. The van der Waals surface area contributed by atoms with E-state index in [-0.39, 0.29) is 5.91 Å². The van der Waals surface area contributed by atoms with Crippen molar-refractivity contribution in [2.45, 2.75) is 52.3 Å². The lowest BCUT2D eigenvalue weighted by molar-refractivity contribution is 0.00818. The number of hydrogen-bond donors (Lipinski definition) is 1. The molecule has 0 aromatic carbocycles. The maximum Gasteiger partial charge on any atom is 0.379 e. The van der Waals surface area contributed by atoms with Crippen molar-refractivity contribution in [2.24, 2.45) is 0 Å². The molecule has 154 valence electrons. The van der Waals surface area contributed by atoms with Gasteiger partial charge in [-0.15, -0.1) is 11.3 Å². The first-order chi connectivity index (χ1) is 14.0. The zero-order valence-electron chi connectivity index (χ0n) is 16.1. The number of amides is 1. The number of alkyl halides is 3. The number of hydrogen-bond acceptors (Lipinski definition) is 5. The molecule has 1 N–H and O–H groups in total. The zero-order valence-corrected chi connectivity index (χ0v) is 16.9. The zero-order chi connectivity index (χ0) is 21.0. The molecule has 29 heavy (non-hydrogen) atoms. The largest absolute Gasteiger partial charge is 0.379 e. The fourth-order valence-electron chi connectivity index (χ4n) is 3.11. The van der Waals surface area contributed by atoms with Crippen LogP contribution in [0.1, 0.15) is 60.0 Å². The summed E-state index contributed by atoms with van der Waals surface area (Å²) in [6, 6.07) is 4.19. The Morgan fingerprint density at radius 1 is 1.14 bits per heavy atom. The van der Waals surface area contributed by atoms with E-state index in [0.29, 0.717) is 18.1 Å². The molecule has 1 aliphatic carbocycles. The number of nitrogens with one attached hydrogen (secondary N) is 1. The summed E-state index contributed by atoms with van der Waals surface area (Å²) in [5.74, 6) is 1.29. The van der Waals surface area contributed by atoms with Crippen LogP contribution in [0, 0.1) is 0 Å². The topological polar surface area (TPSA) is 67.8 Å². The maximum absolute atomic E-state index is 11.6. The van der Waals surface area contributed by atoms with E-state index in [1.54, 1.807) is 17.5 Å². The molecule has 0 bridgehead atoms. The van der Waals surface area contributed by atoms with Crippen LogP contribution in [0.4, 0.5) is 13.2 Å². The predicted molar refractivity (Wildman–Crippen MR) is 107 cm³/mol. The highest BCUT2D eigenvalue weighted by Gasteiger charge is 2.23. The van der Waals surface area contributed by atoms with Crippen molar-refractivity contribution >= 4 is 27.5 Å². The normalized spacial score (nSPS) is 15.0. The van der Waals surface area contributed by atoms with Gasteiger partial charge in [0.2, 0.25) is 0 Å². The Bertz CT molecular complexity index is 1000. The lowest BCUT2D eigenvalue weighted by Gasteiger charge is -2.23. The summed E-state index contributed by atoms with van der Waals surface area (Å²) in [6.45, 7) is 0.863. The molecule has 0 spiro atoms. The lowest BCUT2D eigenvalue weighted by atomic mass is 9.84. The second kappa shape index (κ2) is 9.30. The van der Waals surface area contributed by atoms with Crippen molar-refractivity contribution < 1.29 is 18.0 Å². The number of nitrogens with zero attached hydrogens (tertiary/aromatic N) is 3. The molecule has 0 saturated heterocycles. The van der Waals surface area contributed by atoms with Crippen LogP contribution in [-0.4, -0.2) is 27.5 Å². The minimum atomic E-state index is -3.67. The van der Waals surface area contributed by atoms with Crippen molar-refractivity contribution in [2.75, 3.05) is 0 Å². The van der Waals surface area contributed by atoms with Gasteiger partial charge in [-0.2, -0.15) is 13.2 Å². The molecule has 0 unspecified atom stereocenters. The van der Waals surface area contributed by atoms with Crippen LogP contribution < -0.4 is 5.32 Å². The van der Waals surface area contributed by atoms with Gasteiger partial charge in [0, 0.05) is 40.3 Å². The molecule has 3 aromatic heterocycles. The molecule has 1 saturated carbocycles. The highest BCUT2D eigenvalue weighted by atomic mass is 32.1. The highest BCUT2D eigenvalue weighted by Crippen LogP contribution is 2.41. The van der Waals surface area contributed by atoms with E-state index in [0.717, 1.165) is 27.3 Å². The molecule has 1 amide bonds. The van der Waals surface area contributed by atoms with E-state index in [9.17, 15) is 18.0 Å². The fourth-order valence-corrected chi connectivity index (χ4v) is 4.29. The average Bonchev–Trinajstić information content (AvgIpc) is 3.24. The molecular formula is C20H21F3N4OS. The number of carbonyl (C=O) groups is 1. The van der Waals surface area contributed by atoms with Gasteiger partial charge in [0.25, 0.3) is 5.91 Å². The number of halogens is 3. The van der Waals surface area contributed by atoms with Crippen molar-refractivity contribution in [3.63, 3.8) is 0 Å². The van der Waals surface area contributed by atoms with E-state index in [4.69, 9.17) is 4.98 Å². The monoisotopic (exact) mass is 422 g/mol. The van der Waals surface area contributed by atoms with Crippen LogP contribution in [0.2, 0.25) is 0 Å². The lowest BCUT2D eigenvalue weighted by Crippen LogP contribution is -2.13. The Kier molecular flexibility index (Phi) is 6.79. The third kappa shape index (κ3) is 4.72. The van der Waals surface area contributed by atoms with Gasteiger partial charge >= 0.3 is 6.68 Å². The minimum Gasteiger partial charge on any atom is -0.347 e. The Labute approximate surface area is 170 Å². The number of carbonyl (C=O) groups excluding carboxylic acids is 1. The summed E-state index contributed by atoms with van der Waals surface area (Å²) >= 11 is 1.78. The number of aromatic nitrogens is 3. The van der Waals surface area contributed by atoms with E-state index >= 15 is 0 Å². The van der Waals surface area contributed by atoms with Gasteiger partial charge in [0.05, 0.1) is 0 Å². The molecule has 9 heteroatoms. The van der Waals surface area contributed by atoms with E-state index in [1.807, 2.05) is 26.1 Å². The van der Waals surface area contributed by atoms with Gasteiger partial charge in [-0.3, -0.25) is 4.79 Å². The van der Waals surface area contributed by atoms with Crippen molar-refractivity contribution in [1.29, 1.82) is 0 Å². The van der Waals surface area contributed by atoms with Crippen LogP contribution >= 0.6 is 11.3 Å². The van der Waals surface area contributed by atoms with Crippen molar-refractivity contribution in [3.05, 3.63) is 40.7 Å². The van der Waals surface area contributed by atoms with Crippen LogP contribution in [0.15, 0.2) is 24.5 Å². The molecule has 0 atom stereocenters. The minimum absolute atomic E-state index is 0.105. The van der Waals surface area contributed by atoms with Crippen LogP contribution in [0.3, 0.4) is 0 Å². The van der Waals surface area contributed by atoms with Gasteiger partial charge in [0.15, 0.2) is 5.82 Å². The number of pyridine rings is 1. The molecule has 4 heterocycles. The third-order valence-corrected chi connectivity index (χ3v) is 5.89. The quantitative estimate of drug-likeness (QED) is 0.595. The number of rotatable bonds is 2. The van der Waals surface area contributed by atoms with Gasteiger partial charge in [0.1, 0.15) is 10.5 Å². The van der Waals surface area contributed by atoms with Crippen molar-refractivity contribution in [3.8, 4) is 11.4 Å². The Balaban J connectivity index is 0.000000361. The third-order valence-electron chi connectivity index (χ3n) is 4.68. The standard InChI is InChI=1S/C17H14N4OS.C2H6.CHF3/c22-16-14-10(6-20-16)4-11(7-18-14)15-19-8-12-5-13(9-2-1-3-9)23-17(12)21-15;1-2;2-1(3)4/h4-5,7-9H,1-3,6H2,(H,20,22);1-2H3;1H. The SMILES string of the molecule is CC.FC(F)F.O=C1NCc2cc(-c3ncc4cc(C5CCC5)sc4n3)cnc21. The highest BCUT2D eigenvalue weighted by molar-refractivity contribution is 7.18. The van der Waals surface area contributed by atoms with Gasteiger partial charge in [-0.25, -0.2) is 15.0 Å². The van der Waals surface area contributed by atoms with Gasteiger partial charge < -0.3 is 5.32 Å². The fraction of sp³-hybridized carbons (Fsp3) is 0.400. The summed E-state index contributed by atoms with van der Waals surface area (Å²) in [7, 11) is 0.